The van der Waals surface area contributed by atoms with Crippen LogP contribution in [0.15, 0.2) is 73.6 Å². The van der Waals surface area contributed by atoms with E-state index in [0.29, 0.717) is 24.2 Å². The molecule has 0 unspecified atom stereocenters. The maximum absolute atomic E-state index is 12.7. The number of rotatable bonds is 5. The Labute approximate surface area is 173 Å². The van der Waals surface area contributed by atoms with Crippen LogP contribution in [0.4, 0.5) is 5.69 Å². The van der Waals surface area contributed by atoms with E-state index in [9.17, 15) is 21.6 Å². The SMILES string of the molecule is O=c1ccc2cc(NS(=O)(=O)c3ccc(S(=O)(=O)N4CCOCC4)cc3)ccc2o1. The Morgan fingerprint density at radius 3 is 2.20 bits per heavy atom. The van der Waals surface area contributed by atoms with Crippen LogP contribution >= 0.6 is 0 Å². The molecule has 0 radical (unpaired) electrons. The van der Waals surface area contributed by atoms with E-state index in [1.165, 1.54) is 58.9 Å². The Kier molecular flexibility index (Phi) is 5.36. The zero-order valence-corrected chi connectivity index (χ0v) is 17.3. The third-order valence-electron chi connectivity index (χ3n) is 4.61. The summed E-state index contributed by atoms with van der Waals surface area (Å²) in [5.74, 6) is 0. The second kappa shape index (κ2) is 7.84. The standard InChI is InChI=1S/C19H18N2O7S2/c22-19-8-1-14-13-15(2-7-18(14)28-19)20-29(23,24)16-3-5-17(6-4-16)30(25,26)21-9-11-27-12-10-21/h1-8,13,20H,9-12H2. The van der Waals surface area contributed by atoms with Gasteiger partial charge in [-0.1, -0.05) is 0 Å². The summed E-state index contributed by atoms with van der Waals surface area (Å²) in [5, 5.41) is 0.557. The minimum Gasteiger partial charge on any atom is -0.423 e. The molecule has 11 heteroatoms. The molecular formula is C19H18N2O7S2. The van der Waals surface area contributed by atoms with Gasteiger partial charge in [0.15, 0.2) is 0 Å². The average Bonchev–Trinajstić information content (AvgIpc) is 2.74. The van der Waals surface area contributed by atoms with Gasteiger partial charge < -0.3 is 9.15 Å². The van der Waals surface area contributed by atoms with Gasteiger partial charge in [0.2, 0.25) is 10.0 Å². The summed E-state index contributed by atoms with van der Waals surface area (Å²) < 4.78 is 64.7. The van der Waals surface area contributed by atoms with E-state index in [0.717, 1.165) is 0 Å². The van der Waals surface area contributed by atoms with E-state index in [2.05, 4.69) is 4.72 Å². The number of fused-ring (bicyclic) bond motifs is 1. The molecule has 1 aliphatic rings. The maximum Gasteiger partial charge on any atom is 0.336 e. The first-order chi connectivity index (χ1) is 14.3. The second-order valence-corrected chi connectivity index (χ2v) is 10.2. The van der Waals surface area contributed by atoms with Gasteiger partial charge in [-0.2, -0.15) is 4.31 Å². The van der Waals surface area contributed by atoms with Crippen molar-refractivity contribution < 1.29 is 26.0 Å². The molecule has 0 atom stereocenters. The number of ether oxygens (including phenoxy) is 1. The van der Waals surface area contributed by atoms with Crippen molar-refractivity contribution in [1.82, 2.24) is 4.31 Å². The molecule has 0 spiro atoms. The zero-order chi connectivity index (χ0) is 21.4. The molecule has 1 aliphatic heterocycles. The zero-order valence-electron chi connectivity index (χ0n) is 15.6. The molecule has 0 saturated carbocycles. The highest BCUT2D eigenvalue weighted by atomic mass is 32.2. The molecule has 0 amide bonds. The first-order valence-electron chi connectivity index (χ1n) is 9.00. The molecule has 0 bridgehead atoms. The number of nitrogens with zero attached hydrogens (tertiary/aromatic N) is 1. The number of sulfonamides is 2. The van der Waals surface area contributed by atoms with Crippen molar-refractivity contribution in [2.45, 2.75) is 9.79 Å². The van der Waals surface area contributed by atoms with Gasteiger partial charge in [-0.25, -0.2) is 21.6 Å². The van der Waals surface area contributed by atoms with Gasteiger partial charge in [0.1, 0.15) is 5.58 Å². The molecular weight excluding hydrogens is 432 g/mol. The fraction of sp³-hybridized carbons (Fsp3) is 0.211. The highest BCUT2D eigenvalue weighted by molar-refractivity contribution is 7.92. The van der Waals surface area contributed by atoms with Gasteiger partial charge in [0.25, 0.3) is 10.0 Å². The van der Waals surface area contributed by atoms with E-state index >= 15 is 0 Å². The van der Waals surface area contributed by atoms with Gasteiger partial charge >= 0.3 is 5.63 Å². The van der Waals surface area contributed by atoms with Crippen molar-refractivity contribution in [3.05, 3.63) is 65.0 Å². The fourth-order valence-corrected chi connectivity index (χ4v) is 5.53. The molecule has 4 rings (SSSR count). The third kappa shape index (κ3) is 4.10. The summed E-state index contributed by atoms with van der Waals surface area (Å²) in [4.78, 5) is 11.2. The molecule has 2 aromatic carbocycles. The third-order valence-corrected chi connectivity index (χ3v) is 7.92. The second-order valence-electron chi connectivity index (χ2n) is 6.60. The predicted octanol–water partition coefficient (Wildman–Crippen LogP) is 1.61. The number of hydrogen-bond acceptors (Lipinski definition) is 7. The normalized spacial score (nSPS) is 15.9. The molecule has 158 valence electrons. The summed E-state index contributed by atoms with van der Waals surface area (Å²) in [5.41, 5.74) is 0.118. The Hall–Kier alpha value is -2.73. The summed E-state index contributed by atoms with van der Waals surface area (Å²) in [6.07, 6.45) is 0. The molecule has 1 aromatic heterocycles. The molecule has 0 aliphatic carbocycles. The Morgan fingerprint density at radius 1 is 0.833 bits per heavy atom. The number of morpholine rings is 1. The van der Waals surface area contributed by atoms with Crippen LogP contribution in [0.25, 0.3) is 11.0 Å². The topological polar surface area (TPSA) is 123 Å². The predicted molar refractivity (Wildman–Crippen MR) is 109 cm³/mol. The smallest absolute Gasteiger partial charge is 0.336 e. The number of hydrogen-bond donors (Lipinski definition) is 1. The molecule has 30 heavy (non-hydrogen) atoms. The van der Waals surface area contributed by atoms with Crippen molar-refractivity contribution in [2.24, 2.45) is 0 Å². The quantitative estimate of drug-likeness (QED) is 0.586. The van der Waals surface area contributed by atoms with Crippen molar-refractivity contribution in [3.63, 3.8) is 0 Å². The minimum absolute atomic E-state index is 0.0177. The molecule has 1 fully saturated rings. The lowest BCUT2D eigenvalue weighted by Gasteiger charge is -2.26. The van der Waals surface area contributed by atoms with Crippen LogP contribution in [0, 0.1) is 0 Å². The van der Waals surface area contributed by atoms with E-state index in [-0.39, 0.29) is 28.6 Å². The first kappa shape index (κ1) is 20.5. The van der Waals surface area contributed by atoms with E-state index in [4.69, 9.17) is 9.15 Å². The van der Waals surface area contributed by atoms with Crippen molar-refractivity contribution in [1.29, 1.82) is 0 Å². The largest absolute Gasteiger partial charge is 0.423 e. The van der Waals surface area contributed by atoms with Crippen LogP contribution in [0.5, 0.6) is 0 Å². The Balaban J connectivity index is 1.57. The summed E-state index contributed by atoms with van der Waals surface area (Å²) in [6, 6.07) is 12.3. The first-order valence-corrected chi connectivity index (χ1v) is 11.9. The van der Waals surface area contributed by atoms with Gasteiger partial charge in [-0.15, -0.1) is 0 Å². The van der Waals surface area contributed by atoms with E-state index < -0.39 is 25.7 Å². The van der Waals surface area contributed by atoms with Crippen LogP contribution in [0.2, 0.25) is 0 Å². The molecule has 3 aromatic rings. The van der Waals surface area contributed by atoms with E-state index in [1.807, 2.05) is 0 Å². The minimum atomic E-state index is -3.95. The highest BCUT2D eigenvalue weighted by Crippen LogP contribution is 2.23. The van der Waals surface area contributed by atoms with Crippen molar-refractivity contribution >= 4 is 36.7 Å². The van der Waals surface area contributed by atoms with Crippen molar-refractivity contribution in [3.8, 4) is 0 Å². The summed E-state index contributed by atoms with van der Waals surface area (Å²) >= 11 is 0. The molecule has 9 nitrogen and oxygen atoms in total. The summed E-state index contributed by atoms with van der Waals surface area (Å²) in [7, 11) is -7.66. The molecule has 1 saturated heterocycles. The number of benzene rings is 2. The maximum atomic E-state index is 12.7. The van der Waals surface area contributed by atoms with Crippen LogP contribution in [0.3, 0.4) is 0 Å². The monoisotopic (exact) mass is 450 g/mol. The number of nitrogens with one attached hydrogen (secondary N) is 1. The van der Waals surface area contributed by atoms with Gasteiger partial charge in [0.05, 0.1) is 23.0 Å². The van der Waals surface area contributed by atoms with Crippen LogP contribution < -0.4 is 10.3 Å². The lowest BCUT2D eigenvalue weighted by molar-refractivity contribution is 0.0730. The fourth-order valence-electron chi connectivity index (χ4n) is 3.08. The van der Waals surface area contributed by atoms with Gasteiger partial charge in [0, 0.05) is 30.2 Å². The Bertz CT molecular complexity index is 1340. The van der Waals surface area contributed by atoms with Crippen LogP contribution in [-0.2, 0) is 24.8 Å². The number of anilines is 1. The van der Waals surface area contributed by atoms with Gasteiger partial charge in [-0.05, 0) is 48.5 Å². The van der Waals surface area contributed by atoms with E-state index in [1.54, 1.807) is 0 Å². The molecule has 1 N–H and O–H groups in total. The summed E-state index contributed by atoms with van der Waals surface area (Å²) in [6.45, 7) is 1.16. The lowest BCUT2D eigenvalue weighted by atomic mass is 10.2. The lowest BCUT2D eigenvalue weighted by Crippen LogP contribution is -2.40. The van der Waals surface area contributed by atoms with Crippen LogP contribution in [-0.4, -0.2) is 47.4 Å². The van der Waals surface area contributed by atoms with Crippen molar-refractivity contribution in [2.75, 3.05) is 31.0 Å². The van der Waals surface area contributed by atoms with Crippen LogP contribution in [0.1, 0.15) is 0 Å². The average molecular weight is 450 g/mol. The Morgan fingerprint density at radius 2 is 1.50 bits per heavy atom. The highest BCUT2D eigenvalue weighted by Gasteiger charge is 2.26. The molecule has 2 heterocycles. The van der Waals surface area contributed by atoms with Gasteiger partial charge in [-0.3, -0.25) is 4.72 Å².